The Balaban J connectivity index is 1.29. The monoisotopic (exact) mass is 476 g/mol. The fourth-order valence-corrected chi connectivity index (χ4v) is 6.07. The summed E-state index contributed by atoms with van der Waals surface area (Å²) in [6, 6.07) is 19.5. The Morgan fingerprint density at radius 3 is 2.63 bits per heavy atom. The number of nitrogens with zero attached hydrogens (tertiary/aromatic N) is 2. The molecular formula is C30H37FN2O2. The molecule has 35 heavy (non-hydrogen) atoms. The number of hydrogen-bond acceptors (Lipinski definition) is 4. The maximum absolute atomic E-state index is 13.7. The van der Waals surface area contributed by atoms with Gasteiger partial charge >= 0.3 is 0 Å². The molecule has 1 aliphatic heterocycles. The standard InChI is InChI=1S/C30H37FN2O2/c1-2-22-16-17-33(21-29(22)34-26-15-9-14-25(31)18-26)20-27-19-28(32-35-27)30(23-10-5-3-6-11-23)24-12-7-4-8-13-24/h3,5-6,9-11,14-15,18-19,22,24,29-30H,2,4,7-8,12-13,16-17,20-21H2,1H3. The molecule has 2 aromatic carbocycles. The third-order valence-corrected chi connectivity index (χ3v) is 7.94. The van der Waals surface area contributed by atoms with Crippen molar-refractivity contribution in [1.82, 2.24) is 10.1 Å². The lowest BCUT2D eigenvalue weighted by molar-refractivity contribution is 0.0306. The van der Waals surface area contributed by atoms with E-state index in [1.54, 1.807) is 6.07 Å². The molecule has 0 amide bonds. The first-order valence-corrected chi connectivity index (χ1v) is 13.3. The number of rotatable bonds is 8. The minimum atomic E-state index is -0.261. The first kappa shape index (κ1) is 24.1. The molecule has 1 aromatic heterocycles. The molecule has 2 heterocycles. The highest BCUT2D eigenvalue weighted by molar-refractivity contribution is 5.30. The van der Waals surface area contributed by atoms with Crippen LogP contribution in [0.2, 0.25) is 0 Å². The average Bonchev–Trinajstić information content (AvgIpc) is 3.33. The molecule has 0 radical (unpaired) electrons. The Labute approximate surface area is 208 Å². The lowest BCUT2D eigenvalue weighted by atomic mass is 9.75. The minimum Gasteiger partial charge on any atom is -0.489 e. The van der Waals surface area contributed by atoms with Gasteiger partial charge in [0.15, 0.2) is 5.76 Å². The van der Waals surface area contributed by atoms with E-state index in [0.29, 0.717) is 23.5 Å². The Morgan fingerprint density at radius 1 is 1.03 bits per heavy atom. The highest BCUT2D eigenvalue weighted by atomic mass is 19.1. The summed E-state index contributed by atoms with van der Waals surface area (Å²) in [5.41, 5.74) is 2.40. The summed E-state index contributed by atoms with van der Waals surface area (Å²) in [5, 5.41) is 4.59. The fraction of sp³-hybridized carbons (Fsp3) is 0.500. The summed E-state index contributed by atoms with van der Waals surface area (Å²) in [6.45, 7) is 4.73. The van der Waals surface area contributed by atoms with Crippen LogP contribution in [0.1, 0.15) is 74.8 Å². The second-order valence-corrected chi connectivity index (χ2v) is 10.3. The molecular weight excluding hydrogens is 439 g/mol. The topological polar surface area (TPSA) is 38.5 Å². The Hall–Kier alpha value is -2.66. The summed E-state index contributed by atoms with van der Waals surface area (Å²) in [7, 11) is 0. The van der Waals surface area contributed by atoms with E-state index in [0.717, 1.165) is 43.9 Å². The molecule has 0 bridgehead atoms. The molecule has 1 saturated carbocycles. The number of ether oxygens (including phenoxy) is 1. The summed E-state index contributed by atoms with van der Waals surface area (Å²) in [6.07, 6.45) is 8.62. The summed E-state index contributed by atoms with van der Waals surface area (Å²) in [4.78, 5) is 2.39. The fourth-order valence-electron chi connectivity index (χ4n) is 6.07. The van der Waals surface area contributed by atoms with Gasteiger partial charge in [0, 0.05) is 24.6 Å². The number of halogens is 1. The third kappa shape index (κ3) is 5.95. The van der Waals surface area contributed by atoms with Crippen LogP contribution in [-0.4, -0.2) is 29.3 Å². The van der Waals surface area contributed by atoms with Gasteiger partial charge in [-0.2, -0.15) is 0 Å². The van der Waals surface area contributed by atoms with Crippen LogP contribution in [0, 0.1) is 17.7 Å². The van der Waals surface area contributed by atoms with Crippen LogP contribution in [0.25, 0.3) is 0 Å². The van der Waals surface area contributed by atoms with Gasteiger partial charge in [-0.25, -0.2) is 4.39 Å². The number of benzene rings is 2. The molecule has 186 valence electrons. The number of piperidine rings is 1. The Bertz CT molecular complexity index is 1060. The lowest BCUT2D eigenvalue weighted by Gasteiger charge is -2.37. The van der Waals surface area contributed by atoms with Gasteiger partial charge in [-0.05, 0) is 61.8 Å². The van der Waals surface area contributed by atoms with Crippen molar-refractivity contribution in [2.24, 2.45) is 11.8 Å². The van der Waals surface area contributed by atoms with Gasteiger partial charge in [0.25, 0.3) is 0 Å². The van der Waals surface area contributed by atoms with Gasteiger partial charge in [-0.1, -0.05) is 67.7 Å². The van der Waals surface area contributed by atoms with Crippen LogP contribution in [0.4, 0.5) is 4.39 Å². The van der Waals surface area contributed by atoms with Gasteiger partial charge in [-0.15, -0.1) is 0 Å². The Morgan fingerprint density at radius 2 is 1.86 bits per heavy atom. The zero-order valence-corrected chi connectivity index (χ0v) is 20.7. The molecule has 1 saturated heterocycles. The third-order valence-electron chi connectivity index (χ3n) is 7.94. The molecule has 0 spiro atoms. The van der Waals surface area contributed by atoms with Gasteiger partial charge in [0.2, 0.25) is 0 Å². The van der Waals surface area contributed by atoms with Gasteiger partial charge in [0.1, 0.15) is 17.7 Å². The predicted molar refractivity (Wildman–Crippen MR) is 136 cm³/mol. The summed E-state index contributed by atoms with van der Waals surface area (Å²) in [5.74, 6) is 2.64. The van der Waals surface area contributed by atoms with Crippen molar-refractivity contribution in [3.63, 3.8) is 0 Å². The highest BCUT2D eigenvalue weighted by Gasteiger charge is 2.32. The molecule has 5 rings (SSSR count). The molecule has 3 unspecified atom stereocenters. The van der Waals surface area contributed by atoms with Crippen molar-refractivity contribution < 1.29 is 13.7 Å². The zero-order chi connectivity index (χ0) is 24.0. The quantitative estimate of drug-likeness (QED) is 0.344. The van der Waals surface area contributed by atoms with Crippen LogP contribution in [0.5, 0.6) is 5.75 Å². The van der Waals surface area contributed by atoms with E-state index in [2.05, 4.69) is 53.4 Å². The molecule has 2 fully saturated rings. The van der Waals surface area contributed by atoms with Crippen LogP contribution < -0.4 is 4.74 Å². The van der Waals surface area contributed by atoms with Crippen LogP contribution in [0.15, 0.2) is 65.2 Å². The smallest absolute Gasteiger partial charge is 0.150 e. The van der Waals surface area contributed by atoms with E-state index in [9.17, 15) is 4.39 Å². The second kappa shape index (κ2) is 11.4. The van der Waals surface area contributed by atoms with Gasteiger partial charge in [-0.3, -0.25) is 4.90 Å². The second-order valence-electron chi connectivity index (χ2n) is 10.3. The highest BCUT2D eigenvalue weighted by Crippen LogP contribution is 2.40. The van der Waals surface area contributed by atoms with Crippen LogP contribution in [-0.2, 0) is 6.54 Å². The van der Waals surface area contributed by atoms with Crippen molar-refractivity contribution in [3.8, 4) is 5.75 Å². The van der Waals surface area contributed by atoms with Crippen molar-refractivity contribution in [3.05, 3.63) is 83.5 Å². The molecule has 2 aliphatic rings. The molecule has 3 aromatic rings. The maximum Gasteiger partial charge on any atom is 0.150 e. The van der Waals surface area contributed by atoms with Crippen molar-refractivity contribution in [2.45, 2.75) is 70.4 Å². The van der Waals surface area contributed by atoms with Crippen molar-refractivity contribution in [1.29, 1.82) is 0 Å². The van der Waals surface area contributed by atoms with Gasteiger partial charge in [0.05, 0.1) is 12.2 Å². The average molecular weight is 477 g/mol. The Kier molecular flexibility index (Phi) is 7.82. The first-order chi connectivity index (χ1) is 17.2. The predicted octanol–water partition coefficient (Wildman–Crippen LogP) is 7.21. The van der Waals surface area contributed by atoms with Gasteiger partial charge < -0.3 is 9.26 Å². The van der Waals surface area contributed by atoms with Crippen molar-refractivity contribution >= 4 is 0 Å². The molecule has 0 N–H and O–H groups in total. The summed E-state index contributed by atoms with van der Waals surface area (Å²) < 4.78 is 25.8. The van der Waals surface area contributed by atoms with E-state index in [-0.39, 0.29) is 11.9 Å². The van der Waals surface area contributed by atoms with Crippen molar-refractivity contribution in [2.75, 3.05) is 13.1 Å². The van der Waals surface area contributed by atoms with Crippen LogP contribution >= 0.6 is 0 Å². The first-order valence-electron chi connectivity index (χ1n) is 13.3. The van der Waals surface area contributed by atoms with E-state index in [1.807, 2.05) is 6.07 Å². The summed E-state index contributed by atoms with van der Waals surface area (Å²) >= 11 is 0. The molecule has 1 aliphatic carbocycles. The van der Waals surface area contributed by atoms with Crippen LogP contribution in [0.3, 0.4) is 0 Å². The van der Waals surface area contributed by atoms with E-state index in [1.165, 1.54) is 49.8 Å². The normalized spacial score (nSPS) is 22.7. The van der Waals surface area contributed by atoms with E-state index in [4.69, 9.17) is 9.26 Å². The number of likely N-dealkylation sites (tertiary alicyclic amines) is 1. The molecule has 4 nitrogen and oxygen atoms in total. The molecule has 5 heteroatoms. The zero-order valence-electron chi connectivity index (χ0n) is 20.7. The lowest BCUT2D eigenvalue weighted by Crippen LogP contribution is -2.46. The van der Waals surface area contributed by atoms with E-state index < -0.39 is 0 Å². The number of aromatic nitrogens is 1. The minimum absolute atomic E-state index is 0.0391. The van der Waals surface area contributed by atoms with E-state index >= 15 is 0 Å². The maximum atomic E-state index is 13.7. The SMILES string of the molecule is CCC1CCN(Cc2cc(C(c3ccccc3)C3CCCCC3)no2)CC1Oc1cccc(F)c1. The number of hydrogen-bond donors (Lipinski definition) is 0. The largest absolute Gasteiger partial charge is 0.489 e. The molecule has 3 atom stereocenters.